The van der Waals surface area contributed by atoms with E-state index in [1.807, 2.05) is 12.1 Å². The van der Waals surface area contributed by atoms with E-state index in [2.05, 4.69) is 46.9 Å². The summed E-state index contributed by atoms with van der Waals surface area (Å²) in [6.45, 7) is 17.8. The Kier molecular flexibility index (Phi) is 7.86. The van der Waals surface area contributed by atoms with Crippen molar-refractivity contribution >= 4 is 25.6 Å². The molecule has 0 bridgehead atoms. The summed E-state index contributed by atoms with van der Waals surface area (Å²) in [5.74, 6) is 0.388. The quantitative estimate of drug-likeness (QED) is 0.447. The molecule has 0 atom stereocenters. The molecule has 0 heterocycles. The summed E-state index contributed by atoms with van der Waals surface area (Å²) in [6, 6.07) is 4.02. The number of nitrogens with one attached hydrogen (secondary N) is 1. The van der Waals surface area contributed by atoms with Crippen molar-refractivity contribution in [3.8, 4) is 5.75 Å². The maximum atomic E-state index is 12.4. The number of amides is 1. The Morgan fingerprint density at radius 3 is 1.83 bits per heavy atom. The molecule has 0 saturated heterocycles. The average Bonchev–Trinajstić information content (AvgIpc) is 2.49. The van der Waals surface area contributed by atoms with Gasteiger partial charge in [-0.25, -0.2) is 0 Å². The first-order valence-corrected chi connectivity index (χ1v) is 9.96. The first-order chi connectivity index (χ1) is 13.0. The second kappa shape index (κ2) is 9.14. The SMILES string of the molecule is [B]=CNC(=O)CCc1cc(C(C)(C)C)c(OC(=O)OC(C)(C)C)c(C(C)(C)C)c1. The molecule has 0 aliphatic heterocycles. The van der Waals surface area contributed by atoms with Crippen LogP contribution in [0.5, 0.6) is 5.75 Å². The Balaban J connectivity index is 3.46. The molecule has 5 nitrogen and oxygen atoms in total. The van der Waals surface area contributed by atoms with E-state index in [0.29, 0.717) is 18.6 Å². The van der Waals surface area contributed by atoms with Gasteiger partial charge in [-0.3, -0.25) is 0 Å². The Morgan fingerprint density at radius 2 is 1.45 bits per heavy atom. The van der Waals surface area contributed by atoms with E-state index in [1.54, 1.807) is 20.8 Å². The molecule has 0 fully saturated rings. The summed E-state index contributed by atoms with van der Waals surface area (Å²) in [5.41, 5.74) is 1.60. The molecule has 0 unspecified atom stereocenters. The normalized spacial score (nSPS) is 12.3. The van der Waals surface area contributed by atoms with Crippen LogP contribution in [0.2, 0.25) is 0 Å². The van der Waals surface area contributed by atoms with Crippen molar-refractivity contribution in [2.24, 2.45) is 0 Å². The summed E-state index contributed by atoms with van der Waals surface area (Å²) < 4.78 is 11.1. The molecule has 6 heteroatoms. The van der Waals surface area contributed by atoms with Crippen LogP contribution < -0.4 is 10.1 Å². The predicted octanol–water partition coefficient (Wildman–Crippen LogP) is 4.57. The van der Waals surface area contributed by atoms with Gasteiger partial charge in [0, 0.05) is 0 Å². The predicted molar refractivity (Wildman–Crippen MR) is 119 cm³/mol. The number of carbonyl (C=O) groups is 2. The summed E-state index contributed by atoms with van der Waals surface area (Å²) >= 11 is 0. The van der Waals surface area contributed by atoms with E-state index >= 15 is 0 Å². The average molecular weight is 400 g/mol. The summed E-state index contributed by atoms with van der Waals surface area (Å²) in [7, 11) is 5.25. The standard InChI is InChI=1S/C23H35BNO4/c1-21(2,3)16-12-15(10-11-18(26)25-14-24)13-17(22(4,5)6)19(16)28-20(27)29-23(7,8)9/h12-14H,10-11H2,1-9H3,(H,25,26). The van der Waals surface area contributed by atoms with Crippen LogP contribution in [0.1, 0.15) is 85.4 Å². The van der Waals surface area contributed by atoms with Crippen molar-refractivity contribution < 1.29 is 19.1 Å². The molecular formula is C23H35BNO4. The van der Waals surface area contributed by atoms with Crippen LogP contribution in [-0.2, 0) is 26.8 Å². The van der Waals surface area contributed by atoms with Gasteiger partial charge in [-0.15, -0.1) is 0 Å². The molecule has 159 valence electrons. The Labute approximate surface area is 176 Å². The van der Waals surface area contributed by atoms with E-state index < -0.39 is 11.8 Å². The number of hydrogen-bond acceptors (Lipinski definition) is 4. The maximum absolute atomic E-state index is 12.4. The third-order valence-electron chi connectivity index (χ3n) is 4.22. The first kappa shape index (κ1) is 24.9. The number of benzene rings is 1. The Morgan fingerprint density at radius 1 is 0.966 bits per heavy atom. The van der Waals surface area contributed by atoms with Gasteiger partial charge in [-0.1, -0.05) is 0 Å². The van der Waals surface area contributed by atoms with Crippen molar-refractivity contribution in [3.63, 3.8) is 0 Å². The van der Waals surface area contributed by atoms with Gasteiger partial charge in [0.15, 0.2) is 0 Å². The Bertz CT molecular complexity index is 730. The van der Waals surface area contributed by atoms with Gasteiger partial charge in [0.2, 0.25) is 0 Å². The van der Waals surface area contributed by atoms with Crippen LogP contribution >= 0.6 is 0 Å². The van der Waals surface area contributed by atoms with Crippen LogP contribution in [0.3, 0.4) is 0 Å². The molecule has 1 amide bonds. The zero-order valence-electron chi connectivity index (χ0n) is 19.4. The van der Waals surface area contributed by atoms with Gasteiger partial charge in [0.05, 0.1) is 0 Å². The molecule has 1 radical (unpaired) electrons. The monoisotopic (exact) mass is 400 g/mol. The fourth-order valence-corrected chi connectivity index (χ4v) is 2.83. The molecule has 1 rings (SSSR count). The zero-order valence-corrected chi connectivity index (χ0v) is 19.4. The van der Waals surface area contributed by atoms with Crippen LogP contribution in [0.4, 0.5) is 4.79 Å². The molecule has 0 saturated carbocycles. The van der Waals surface area contributed by atoms with Crippen molar-refractivity contribution in [2.75, 3.05) is 0 Å². The fourth-order valence-electron chi connectivity index (χ4n) is 2.83. The number of aryl methyl sites for hydroxylation is 1. The Hall–Kier alpha value is -2.11. The molecule has 0 spiro atoms. The second-order valence-corrected chi connectivity index (χ2v) is 10.3. The van der Waals surface area contributed by atoms with E-state index in [0.717, 1.165) is 22.8 Å². The molecule has 1 aromatic rings. The number of rotatable bonds is 5. The summed E-state index contributed by atoms with van der Waals surface area (Å²) in [6.07, 6.45) is 1.28. The van der Waals surface area contributed by atoms with Gasteiger partial charge in [-0.2, -0.15) is 0 Å². The number of hydrogen-bond donors (Lipinski definition) is 1. The molecule has 1 aromatic carbocycles. The van der Waals surface area contributed by atoms with Gasteiger partial charge in [-0.05, 0) is 20.8 Å². The van der Waals surface area contributed by atoms with Crippen molar-refractivity contribution in [1.29, 1.82) is 0 Å². The van der Waals surface area contributed by atoms with Gasteiger partial charge in [0.25, 0.3) is 0 Å². The molecule has 29 heavy (non-hydrogen) atoms. The minimum absolute atomic E-state index is 0.142. The fraction of sp³-hybridized carbons (Fsp3) is 0.609. The molecule has 0 aliphatic rings. The van der Waals surface area contributed by atoms with Gasteiger partial charge >= 0.3 is 150 Å². The summed E-state index contributed by atoms with van der Waals surface area (Å²) in [4.78, 5) is 24.3. The van der Waals surface area contributed by atoms with Crippen molar-refractivity contribution in [3.05, 3.63) is 28.8 Å². The zero-order chi connectivity index (χ0) is 22.6. The molecular weight excluding hydrogens is 365 g/mol. The van der Waals surface area contributed by atoms with Crippen molar-refractivity contribution in [2.45, 2.75) is 91.6 Å². The van der Waals surface area contributed by atoms with Crippen LogP contribution in [-0.4, -0.2) is 31.2 Å². The van der Waals surface area contributed by atoms with Crippen molar-refractivity contribution in [1.82, 2.24) is 5.32 Å². The third kappa shape index (κ3) is 8.04. The van der Waals surface area contributed by atoms with E-state index in [9.17, 15) is 9.59 Å². The molecule has 0 aromatic heterocycles. The van der Waals surface area contributed by atoms with Crippen LogP contribution in [0, 0.1) is 0 Å². The van der Waals surface area contributed by atoms with Gasteiger partial charge in [0.1, 0.15) is 5.60 Å². The van der Waals surface area contributed by atoms with E-state index in [1.165, 1.54) is 0 Å². The van der Waals surface area contributed by atoms with E-state index in [4.69, 9.17) is 17.0 Å². The summed E-state index contributed by atoms with van der Waals surface area (Å²) in [5, 5.41) is 2.49. The van der Waals surface area contributed by atoms with Crippen LogP contribution in [0.15, 0.2) is 12.1 Å². The second-order valence-electron chi connectivity index (χ2n) is 10.3. The minimum atomic E-state index is -0.723. The van der Waals surface area contributed by atoms with E-state index in [-0.39, 0.29) is 16.7 Å². The first-order valence-electron chi connectivity index (χ1n) is 9.96. The number of ether oxygens (including phenoxy) is 2. The third-order valence-corrected chi connectivity index (χ3v) is 4.22. The van der Waals surface area contributed by atoms with Gasteiger partial charge < -0.3 is 0 Å². The molecule has 1 N–H and O–H groups in total. The number of carbonyl (C=O) groups excluding carboxylic acids is 2. The molecule has 0 aliphatic carbocycles. The van der Waals surface area contributed by atoms with Crippen LogP contribution in [0.25, 0.3) is 0 Å². The topological polar surface area (TPSA) is 64.6 Å².